The summed E-state index contributed by atoms with van der Waals surface area (Å²) in [7, 11) is 0. The molecule has 3 heterocycles. The zero-order chi connectivity index (χ0) is 18.0. The topological polar surface area (TPSA) is 33.5 Å². The third-order valence-corrected chi connectivity index (χ3v) is 4.92. The van der Waals surface area contributed by atoms with Crippen LogP contribution in [-0.4, -0.2) is 19.3 Å². The van der Waals surface area contributed by atoms with Crippen LogP contribution in [0.4, 0.5) is 27.6 Å². The molecule has 1 aromatic heterocycles. The van der Waals surface area contributed by atoms with Gasteiger partial charge in [0.25, 0.3) is 0 Å². The minimum absolute atomic E-state index is 0.142. The molecule has 25 heavy (non-hydrogen) atoms. The van der Waals surface area contributed by atoms with E-state index in [2.05, 4.69) is 4.90 Å². The fourth-order valence-corrected chi connectivity index (χ4v) is 3.89. The number of rotatable bonds is 1. The summed E-state index contributed by atoms with van der Waals surface area (Å²) in [5.41, 5.74) is -0.530. The largest absolute Gasteiger partial charge is 0.458 e. The molecule has 8 heteroatoms. The van der Waals surface area contributed by atoms with Gasteiger partial charge in [-0.25, -0.2) is 4.79 Å². The van der Waals surface area contributed by atoms with Gasteiger partial charge in [0, 0.05) is 41.4 Å². The Morgan fingerprint density at radius 3 is 2.36 bits per heavy atom. The van der Waals surface area contributed by atoms with Gasteiger partial charge in [-0.05, 0) is 37.3 Å². The first-order chi connectivity index (χ1) is 11.7. The first-order valence-electron chi connectivity index (χ1n) is 8.03. The summed E-state index contributed by atoms with van der Waals surface area (Å²) in [5.74, 6) is -5.12. The maximum atomic E-state index is 14.0. The first kappa shape index (κ1) is 16.4. The molecule has 2 aliphatic heterocycles. The predicted octanol–water partition coefficient (Wildman–Crippen LogP) is 4.15. The molecule has 1 aromatic carbocycles. The molecular formula is C17H14F5NO2. The zero-order valence-electron chi connectivity index (χ0n) is 13.1. The molecule has 0 radical (unpaired) electrons. The number of aryl methyl sites for hydroxylation is 2. The second-order valence-corrected chi connectivity index (χ2v) is 6.48. The van der Waals surface area contributed by atoms with E-state index in [1.165, 1.54) is 6.07 Å². The Morgan fingerprint density at radius 1 is 1.00 bits per heavy atom. The molecule has 0 amide bonds. The Hall–Kier alpha value is -2.12. The van der Waals surface area contributed by atoms with Crippen LogP contribution in [-0.2, 0) is 18.8 Å². The minimum atomic E-state index is -5.78. The third kappa shape index (κ3) is 2.33. The maximum Gasteiger partial charge on any atom is 0.458 e. The fraction of sp³-hybridized carbons (Fsp3) is 0.471. The number of hydrogen-bond donors (Lipinski definition) is 0. The van der Waals surface area contributed by atoms with E-state index in [4.69, 9.17) is 4.42 Å². The van der Waals surface area contributed by atoms with E-state index in [1.807, 2.05) is 0 Å². The van der Waals surface area contributed by atoms with Crippen LogP contribution in [0, 0.1) is 0 Å². The van der Waals surface area contributed by atoms with Crippen LogP contribution in [0.5, 0.6) is 0 Å². The Bertz CT molecular complexity index is 914. The van der Waals surface area contributed by atoms with Crippen LogP contribution in [0.3, 0.4) is 0 Å². The monoisotopic (exact) mass is 359 g/mol. The molecular weight excluding hydrogens is 345 g/mol. The van der Waals surface area contributed by atoms with Crippen molar-refractivity contribution in [3.63, 3.8) is 0 Å². The summed E-state index contributed by atoms with van der Waals surface area (Å²) in [5, 5.41) is -0.320. The van der Waals surface area contributed by atoms with Crippen LogP contribution >= 0.6 is 0 Å². The van der Waals surface area contributed by atoms with Crippen LogP contribution in [0.2, 0.25) is 0 Å². The van der Waals surface area contributed by atoms with Crippen LogP contribution < -0.4 is 10.5 Å². The normalized spacial score (nSPS) is 17.7. The summed E-state index contributed by atoms with van der Waals surface area (Å²) in [6, 6.07) is 1.60. The quantitative estimate of drug-likeness (QED) is 0.567. The summed E-state index contributed by atoms with van der Waals surface area (Å²) in [6.45, 7) is 1.60. The van der Waals surface area contributed by atoms with Crippen molar-refractivity contribution >= 4 is 16.7 Å². The lowest BCUT2D eigenvalue weighted by Gasteiger charge is -2.37. The summed E-state index contributed by atoms with van der Waals surface area (Å²) in [6.07, 6.45) is -3.16. The Labute approximate surface area is 139 Å². The van der Waals surface area contributed by atoms with Gasteiger partial charge in [-0.2, -0.15) is 22.0 Å². The molecule has 134 valence electrons. The number of alkyl halides is 5. The van der Waals surface area contributed by atoms with Crippen molar-refractivity contribution in [2.45, 2.75) is 37.8 Å². The Kier molecular flexibility index (Phi) is 3.39. The average Bonchev–Trinajstić information content (AvgIpc) is 2.54. The molecule has 0 saturated carbocycles. The van der Waals surface area contributed by atoms with E-state index in [1.54, 1.807) is 0 Å². The first-order valence-corrected chi connectivity index (χ1v) is 8.03. The van der Waals surface area contributed by atoms with E-state index in [0.717, 1.165) is 37.2 Å². The van der Waals surface area contributed by atoms with Crippen molar-refractivity contribution in [1.29, 1.82) is 0 Å². The summed E-state index contributed by atoms with van der Waals surface area (Å²) >= 11 is 0. The Morgan fingerprint density at radius 2 is 1.68 bits per heavy atom. The smallest absolute Gasteiger partial charge is 0.422 e. The van der Waals surface area contributed by atoms with Gasteiger partial charge in [-0.3, -0.25) is 0 Å². The zero-order valence-corrected chi connectivity index (χ0v) is 13.1. The van der Waals surface area contributed by atoms with Gasteiger partial charge >= 0.3 is 17.7 Å². The predicted molar refractivity (Wildman–Crippen MR) is 81.3 cm³/mol. The molecule has 3 nitrogen and oxygen atoms in total. The van der Waals surface area contributed by atoms with Crippen molar-refractivity contribution in [3.8, 4) is 0 Å². The standard InChI is InChI=1S/C17H14F5NO2/c18-16(19,17(20,21)22)12-8-13(24)25-15-10-4-2-6-23-5-1-3-9(14(10)23)7-11(12)15/h7-8H,1-6H2. The van der Waals surface area contributed by atoms with Gasteiger partial charge in [0.15, 0.2) is 0 Å². The summed E-state index contributed by atoms with van der Waals surface area (Å²) < 4.78 is 71.8. The van der Waals surface area contributed by atoms with E-state index in [0.29, 0.717) is 18.4 Å². The highest BCUT2D eigenvalue weighted by Crippen LogP contribution is 2.48. The maximum absolute atomic E-state index is 14.0. The van der Waals surface area contributed by atoms with Crippen molar-refractivity contribution in [3.05, 3.63) is 39.2 Å². The molecule has 2 aliphatic rings. The second kappa shape index (κ2) is 5.19. The highest BCUT2D eigenvalue weighted by Gasteiger charge is 2.59. The number of nitrogens with zero attached hydrogens (tertiary/aromatic N) is 1. The van der Waals surface area contributed by atoms with Crippen LogP contribution in [0.1, 0.15) is 29.5 Å². The molecule has 0 bridgehead atoms. The van der Waals surface area contributed by atoms with E-state index in [9.17, 15) is 26.7 Å². The second-order valence-electron chi connectivity index (χ2n) is 6.48. The SMILES string of the molecule is O=c1cc(C(F)(F)C(F)(F)F)c2cc3c4c(c2o1)CCCN4CCC3. The molecule has 0 aliphatic carbocycles. The molecule has 0 N–H and O–H groups in total. The van der Waals surface area contributed by atoms with Gasteiger partial charge in [-0.15, -0.1) is 0 Å². The number of halogens is 5. The molecule has 0 fully saturated rings. The Balaban J connectivity index is 2.09. The van der Waals surface area contributed by atoms with Crippen LogP contribution in [0.15, 0.2) is 21.3 Å². The number of anilines is 1. The minimum Gasteiger partial charge on any atom is -0.422 e. The van der Waals surface area contributed by atoms with Crippen molar-refractivity contribution in [2.24, 2.45) is 0 Å². The average molecular weight is 359 g/mol. The van der Waals surface area contributed by atoms with Gasteiger partial charge in [-0.1, -0.05) is 0 Å². The number of fused-ring (bicyclic) bond motifs is 2. The number of hydrogen-bond acceptors (Lipinski definition) is 3. The van der Waals surface area contributed by atoms with E-state index in [-0.39, 0.29) is 17.0 Å². The van der Waals surface area contributed by atoms with Crippen LogP contribution in [0.25, 0.3) is 11.0 Å². The number of benzene rings is 1. The van der Waals surface area contributed by atoms with E-state index < -0.39 is 23.3 Å². The lowest BCUT2D eigenvalue weighted by Crippen LogP contribution is -2.36. The van der Waals surface area contributed by atoms with Gasteiger partial charge in [0.2, 0.25) is 0 Å². The molecule has 0 unspecified atom stereocenters. The molecule has 0 spiro atoms. The lowest BCUT2D eigenvalue weighted by molar-refractivity contribution is -0.288. The molecule has 2 aromatic rings. The van der Waals surface area contributed by atoms with Gasteiger partial charge in [0.05, 0.1) is 0 Å². The lowest BCUT2D eigenvalue weighted by atomic mass is 9.88. The van der Waals surface area contributed by atoms with Gasteiger partial charge in [0.1, 0.15) is 5.58 Å². The van der Waals surface area contributed by atoms with Crippen molar-refractivity contribution < 1.29 is 26.4 Å². The highest BCUT2D eigenvalue weighted by molar-refractivity contribution is 5.91. The van der Waals surface area contributed by atoms with Gasteiger partial charge < -0.3 is 9.32 Å². The third-order valence-electron chi connectivity index (χ3n) is 4.92. The highest BCUT2D eigenvalue weighted by atomic mass is 19.4. The molecule has 0 saturated heterocycles. The van der Waals surface area contributed by atoms with E-state index >= 15 is 0 Å². The van der Waals surface area contributed by atoms with Crippen molar-refractivity contribution in [1.82, 2.24) is 0 Å². The fourth-order valence-electron chi connectivity index (χ4n) is 3.89. The molecule has 0 atom stereocenters. The van der Waals surface area contributed by atoms with Crippen molar-refractivity contribution in [2.75, 3.05) is 18.0 Å². The summed E-state index contributed by atoms with van der Waals surface area (Å²) in [4.78, 5) is 13.8. The molecule has 4 rings (SSSR count).